The summed E-state index contributed by atoms with van der Waals surface area (Å²) in [6.45, 7) is 6.07. The van der Waals surface area contributed by atoms with Gasteiger partial charge in [0.15, 0.2) is 0 Å². The molecule has 1 amide bonds. The van der Waals surface area contributed by atoms with Gasteiger partial charge in [0.1, 0.15) is 11.5 Å². The van der Waals surface area contributed by atoms with Gasteiger partial charge in [-0.05, 0) is 38.8 Å². The van der Waals surface area contributed by atoms with Crippen LogP contribution in [0, 0.1) is 5.92 Å². The SMILES string of the molecule is CCNc1cncc(C(=O)NC2CN3CCC2CC3)n1. The first-order valence-corrected chi connectivity index (χ1v) is 7.35. The van der Waals surface area contributed by atoms with Crippen LogP contribution in [0.2, 0.25) is 0 Å². The van der Waals surface area contributed by atoms with E-state index in [0.29, 0.717) is 17.4 Å². The summed E-state index contributed by atoms with van der Waals surface area (Å²) in [5.41, 5.74) is 0.389. The Hall–Kier alpha value is -1.69. The van der Waals surface area contributed by atoms with Crippen molar-refractivity contribution in [2.45, 2.75) is 25.8 Å². The lowest BCUT2D eigenvalue weighted by Crippen LogP contribution is -2.57. The van der Waals surface area contributed by atoms with Crippen molar-refractivity contribution in [3.8, 4) is 0 Å². The van der Waals surface area contributed by atoms with Gasteiger partial charge in [-0.2, -0.15) is 0 Å². The second kappa shape index (κ2) is 5.75. The van der Waals surface area contributed by atoms with Gasteiger partial charge in [0.2, 0.25) is 0 Å². The minimum Gasteiger partial charge on any atom is -0.369 e. The van der Waals surface area contributed by atoms with E-state index in [1.54, 1.807) is 6.20 Å². The highest BCUT2D eigenvalue weighted by Gasteiger charge is 2.35. The number of hydrogen-bond donors (Lipinski definition) is 2. The zero-order chi connectivity index (χ0) is 13.9. The number of amides is 1. The third-order valence-corrected chi connectivity index (χ3v) is 4.20. The third kappa shape index (κ3) is 2.75. The minimum absolute atomic E-state index is 0.115. The van der Waals surface area contributed by atoms with Crippen LogP contribution in [0.5, 0.6) is 0 Å². The second-order valence-corrected chi connectivity index (χ2v) is 5.54. The lowest BCUT2D eigenvalue weighted by Gasteiger charge is -2.44. The average molecular weight is 275 g/mol. The van der Waals surface area contributed by atoms with Crippen molar-refractivity contribution in [3.05, 3.63) is 18.1 Å². The van der Waals surface area contributed by atoms with E-state index in [-0.39, 0.29) is 11.9 Å². The molecule has 0 aromatic carbocycles. The molecule has 6 nitrogen and oxygen atoms in total. The quantitative estimate of drug-likeness (QED) is 0.848. The second-order valence-electron chi connectivity index (χ2n) is 5.54. The van der Waals surface area contributed by atoms with Crippen LogP contribution in [-0.4, -0.2) is 53.0 Å². The number of nitrogens with zero attached hydrogens (tertiary/aromatic N) is 3. The van der Waals surface area contributed by atoms with Gasteiger partial charge >= 0.3 is 0 Å². The molecule has 108 valence electrons. The van der Waals surface area contributed by atoms with Crippen LogP contribution >= 0.6 is 0 Å². The minimum atomic E-state index is -0.115. The van der Waals surface area contributed by atoms with Crippen LogP contribution in [0.25, 0.3) is 0 Å². The molecule has 1 aromatic heterocycles. The molecule has 0 saturated carbocycles. The van der Waals surface area contributed by atoms with Crippen molar-refractivity contribution in [2.75, 3.05) is 31.5 Å². The fourth-order valence-electron chi connectivity index (χ4n) is 3.11. The molecule has 0 aliphatic carbocycles. The summed E-state index contributed by atoms with van der Waals surface area (Å²) >= 11 is 0. The van der Waals surface area contributed by atoms with E-state index in [4.69, 9.17) is 0 Å². The van der Waals surface area contributed by atoms with Crippen LogP contribution < -0.4 is 10.6 Å². The Labute approximate surface area is 119 Å². The first-order valence-electron chi connectivity index (χ1n) is 7.35. The normalized spacial score (nSPS) is 28.1. The summed E-state index contributed by atoms with van der Waals surface area (Å²) in [4.78, 5) is 23.1. The fourth-order valence-corrected chi connectivity index (χ4v) is 3.11. The van der Waals surface area contributed by atoms with Crippen molar-refractivity contribution < 1.29 is 4.79 Å². The van der Waals surface area contributed by atoms with Gasteiger partial charge in [-0.3, -0.25) is 9.78 Å². The Morgan fingerprint density at radius 1 is 1.40 bits per heavy atom. The fraction of sp³-hybridized carbons (Fsp3) is 0.643. The molecular weight excluding hydrogens is 254 g/mol. The van der Waals surface area contributed by atoms with Crippen molar-refractivity contribution in [2.24, 2.45) is 5.92 Å². The zero-order valence-corrected chi connectivity index (χ0v) is 11.8. The molecule has 4 rings (SSSR count). The van der Waals surface area contributed by atoms with E-state index in [0.717, 1.165) is 13.1 Å². The van der Waals surface area contributed by atoms with E-state index in [1.807, 2.05) is 6.92 Å². The summed E-state index contributed by atoms with van der Waals surface area (Å²) in [7, 11) is 0. The van der Waals surface area contributed by atoms with Crippen LogP contribution in [0.15, 0.2) is 12.4 Å². The average Bonchev–Trinajstić information content (AvgIpc) is 2.49. The van der Waals surface area contributed by atoms with E-state index < -0.39 is 0 Å². The highest BCUT2D eigenvalue weighted by molar-refractivity contribution is 5.92. The first kappa shape index (κ1) is 13.3. The lowest BCUT2D eigenvalue weighted by atomic mass is 9.84. The number of piperidine rings is 3. The van der Waals surface area contributed by atoms with Crippen molar-refractivity contribution in [1.82, 2.24) is 20.2 Å². The molecular formula is C14H21N5O. The lowest BCUT2D eigenvalue weighted by molar-refractivity contribution is 0.0617. The molecule has 1 unspecified atom stereocenters. The molecule has 0 spiro atoms. The Kier molecular flexibility index (Phi) is 3.82. The molecule has 2 N–H and O–H groups in total. The predicted octanol–water partition coefficient (Wildman–Crippen LogP) is 0.732. The van der Waals surface area contributed by atoms with E-state index in [9.17, 15) is 4.79 Å². The number of anilines is 1. The Balaban J connectivity index is 1.65. The van der Waals surface area contributed by atoms with Gasteiger partial charge in [0.25, 0.3) is 5.91 Å². The van der Waals surface area contributed by atoms with E-state index >= 15 is 0 Å². The molecule has 6 heteroatoms. The maximum Gasteiger partial charge on any atom is 0.271 e. The predicted molar refractivity (Wildman–Crippen MR) is 76.6 cm³/mol. The van der Waals surface area contributed by atoms with Crippen LogP contribution in [0.4, 0.5) is 5.82 Å². The standard InChI is InChI=1S/C14H21N5O/c1-2-16-13-8-15-7-11(17-13)14(20)18-12-9-19-5-3-10(12)4-6-19/h7-8,10,12H,2-6,9H2,1H3,(H,16,17)(H,18,20). The highest BCUT2D eigenvalue weighted by atomic mass is 16.2. The van der Waals surface area contributed by atoms with Crippen molar-refractivity contribution in [1.29, 1.82) is 0 Å². The summed E-state index contributed by atoms with van der Waals surface area (Å²) in [6.07, 6.45) is 5.54. The van der Waals surface area contributed by atoms with Crippen LogP contribution in [-0.2, 0) is 0 Å². The molecule has 3 aliphatic heterocycles. The number of carbonyl (C=O) groups excluding carboxylic acids is 1. The van der Waals surface area contributed by atoms with Crippen molar-refractivity contribution >= 4 is 11.7 Å². The molecule has 4 heterocycles. The van der Waals surface area contributed by atoms with Gasteiger partial charge in [-0.1, -0.05) is 0 Å². The zero-order valence-electron chi connectivity index (χ0n) is 11.8. The molecule has 3 aliphatic rings. The summed E-state index contributed by atoms with van der Waals surface area (Å²) < 4.78 is 0. The molecule has 1 atom stereocenters. The van der Waals surface area contributed by atoms with E-state index in [2.05, 4.69) is 25.5 Å². The summed E-state index contributed by atoms with van der Waals surface area (Å²) in [5.74, 6) is 1.15. The van der Waals surface area contributed by atoms with E-state index in [1.165, 1.54) is 32.1 Å². The molecule has 3 saturated heterocycles. The van der Waals surface area contributed by atoms with Crippen molar-refractivity contribution in [3.63, 3.8) is 0 Å². The topological polar surface area (TPSA) is 70.2 Å². The maximum atomic E-state index is 12.3. The Morgan fingerprint density at radius 2 is 2.20 bits per heavy atom. The van der Waals surface area contributed by atoms with Crippen LogP contribution in [0.1, 0.15) is 30.3 Å². The molecule has 20 heavy (non-hydrogen) atoms. The number of rotatable bonds is 4. The largest absolute Gasteiger partial charge is 0.369 e. The Morgan fingerprint density at radius 3 is 2.85 bits per heavy atom. The smallest absolute Gasteiger partial charge is 0.271 e. The van der Waals surface area contributed by atoms with Crippen LogP contribution in [0.3, 0.4) is 0 Å². The Bertz CT molecular complexity index is 484. The molecule has 2 bridgehead atoms. The number of fused-ring (bicyclic) bond motifs is 3. The maximum absolute atomic E-state index is 12.3. The first-order chi connectivity index (χ1) is 9.76. The number of nitrogens with one attached hydrogen (secondary N) is 2. The van der Waals surface area contributed by atoms with Gasteiger partial charge in [0, 0.05) is 19.1 Å². The van der Waals surface area contributed by atoms with Gasteiger partial charge in [0.05, 0.1) is 12.4 Å². The number of hydrogen-bond acceptors (Lipinski definition) is 5. The number of aromatic nitrogens is 2. The van der Waals surface area contributed by atoms with Gasteiger partial charge in [-0.15, -0.1) is 0 Å². The third-order valence-electron chi connectivity index (χ3n) is 4.20. The van der Waals surface area contributed by atoms with Gasteiger partial charge < -0.3 is 15.5 Å². The van der Waals surface area contributed by atoms with Gasteiger partial charge in [-0.25, -0.2) is 4.98 Å². The monoisotopic (exact) mass is 275 g/mol. The number of carbonyl (C=O) groups is 1. The summed E-state index contributed by atoms with van der Waals surface area (Å²) in [6, 6.07) is 0.259. The molecule has 0 radical (unpaired) electrons. The molecule has 3 fully saturated rings. The highest BCUT2D eigenvalue weighted by Crippen LogP contribution is 2.27. The molecule has 1 aromatic rings. The summed E-state index contributed by atoms with van der Waals surface area (Å²) in [5, 5.41) is 6.20.